The van der Waals surface area contributed by atoms with Gasteiger partial charge >= 0.3 is 5.97 Å². The average molecular weight is 298 g/mol. The molecule has 1 unspecified atom stereocenters. The van der Waals surface area contributed by atoms with Crippen LogP contribution in [0.25, 0.3) is 0 Å². The van der Waals surface area contributed by atoms with Crippen molar-refractivity contribution in [3.8, 4) is 5.75 Å². The number of carbonyl (C=O) groups is 1. The van der Waals surface area contributed by atoms with Crippen molar-refractivity contribution in [2.75, 3.05) is 17.2 Å². The van der Waals surface area contributed by atoms with E-state index in [1.807, 2.05) is 37.3 Å². The summed E-state index contributed by atoms with van der Waals surface area (Å²) in [6, 6.07) is 12.6. The van der Waals surface area contributed by atoms with Crippen LogP contribution in [0.4, 0.5) is 11.4 Å². The monoisotopic (exact) mass is 298 g/mol. The standard InChI is InChI=1S/C17H18N2O3/c1-11-9-19(16-14(18)3-2-4-15(16)22-11)10-12-5-7-13(8-6-12)17(20)21/h2-8,11H,9-10,18H2,1H3,(H,20,21). The summed E-state index contributed by atoms with van der Waals surface area (Å²) in [5.74, 6) is -0.123. The molecular formula is C17H18N2O3. The summed E-state index contributed by atoms with van der Waals surface area (Å²) in [4.78, 5) is 13.1. The molecule has 2 aromatic rings. The van der Waals surface area contributed by atoms with Gasteiger partial charge in [0.1, 0.15) is 17.5 Å². The molecule has 0 fully saturated rings. The molecule has 0 saturated carbocycles. The Labute approximate surface area is 128 Å². The summed E-state index contributed by atoms with van der Waals surface area (Å²) in [5.41, 5.74) is 9.01. The number of carboxylic acids is 1. The number of nitrogens with two attached hydrogens (primary N) is 1. The first-order valence-corrected chi connectivity index (χ1v) is 7.17. The minimum Gasteiger partial charge on any atom is -0.487 e. The number of para-hydroxylation sites is 1. The van der Waals surface area contributed by atoms with E-state index in [1.165, 1.54) is 0 Å². The third kappa shape index (κ3) is 2.70. The van der Waals surface area contributed by atoms with Gasteiger partial charge in [0.25, 0.3) is 0 Å². The summed E-state index contributed by atoms with van der Waals surface area (Å²) in [6.07, 6.45) is 0.0765. The molecule has 1 aliphatic heterocycles. The van der Waals surface area contributed by atoms with E-state index in [4.69, 9.17) is 15.6 Å². The Morgan fingerprint density at radius 2 is 2.05 bits per heavy atom. The van der Waals surface area contributed by atoms with Crippen molar-refractivity contribution in [3.05, 3.63) is 53.6 Å². The molecular weight excluding hydrogens is 280 g/mol. The van der Waals surface area contributed by atoms with Crippen LogP contribution >= 0.6 is 0 Å². The van der Waals surface area contributed by atoms with E-state index in [0.717, 1.165) is 23.5 Å². The molecule has 0 spiro atoms. The largest absolute Gasteiger partial charge is 0.487 e. The molecule has 0 saturated heterocycles. The first-order chi connectivity index (χ1) is 10.5. The first-order valence-electron chi connectivity index (χ1n) is 7.17. The molecule has 0 radical (unpaired) electrons. The van der Waals surface area contributed by atoms with Crippen LogP contribution < -0.4 is 15.4 Å². The van der Waals surface area contributed by atoms with E-state index in [2.05, 4.69) is 4.90 Å². The first kappa shape index (κ1) is 14.3. The zero-order valence-electron chi connectivity index (χ0n) is 12.3. The molecule has 114 valence electrons. The number of nitrogen functional groups attached to an aromatic ring is 1. The van der Waals surface area contributed by atoms with Crippen LogP contribution in [0.5, 0.6) is 5.75 Å². The fourth-order valence-electron chi connectivity index (χ4n) is 2.75. The van der Waals surface area contributed by atoms with Crippen molar-refractivity contribution >= 4 is 17.3 Å². The average Bonchev–Trinajstić information content (AvgIpc) is 2.47. The van der Waals surface area contributed by atoms with Crippen LogP contribution in [0.3, 0.4) is 0 Å². The lowest BCUT2D eigenvalue weighted by molar-refractivity contribution is 0.0697. The zero-order chi connectivity index (χ0) is 15.7. The highest BCUT2D eigenvalue weighted by molar-refractivity contribution is 5.87. The highest BCUT2D eigenvalue weighted by Crippen LogP contribution is 2.38. The Kier molecular flexibility index (Phi) is 3.63. The molecule has 1 heterocycles. The minimum atomic E-state index is -0.916. The number of benzene rings is 2. The van der Waals surface area contributed by atoms with Crippen LogP contribution in [0.15, 0.2) is 42.5 Å². The Balaban J connectivity index is 1.88. The van der Waals surface area contributed by atoms with Crippen molar-refractivity contribution in [2.24, 2.45) is 0 Å². The Hall–Kier alpha value is -2.69. The van der Waals surface area contributed by atoms with Crippen LogP contribution in [0.2, 0.25) is 0 Å². The minimum absolute atomic E-state index is 0.0765. The lowest BCUT2D eigenvalue weighted by Crippen LogP contribution is -2.38. The van der Waals surface area contributed by atoms with Gasteiger partial charge in [0.15, 0.2) is 0 Å². The van der Waals surface area contributed by atoms with Crippen LogP contribution in [-0.2, 0) is 6.54 Å². The Bertz CT molecular complexity index is 698. The molecule has 22 heavy (non-hydrogen) atoms. The maximum atomic E-state index is 10.9. The van der Waals surface area contributed by atoms with Gasteiger partial charge in [-0.2, -0.15) is 0 Å². The number of rotatable bonds is 3. The fraction of sp³-hybridized carbons (Fsp3) is 0.235. The van der Waals surface area contributed by atoms with Gasteiger partial charge < -0.3 is 20.5 Å². The molecule has 3 rings (SSSR count). The summed E-state index contributed by atoms with van der Waals surface area (Å²) in [6.45, 7) is 3.42. The quantitative estimate of drug-likeness (QED) is 0.852. The normalized spacial score (nSPS) is 16.8. The number of carboxylic acid groups (broad SMARTS) is 1. The van der Waals surface area contributed by atoms with Crippen molar-refractivity contribution in [3.63, 3.8) is 0 Å². The van der Waals surface area contributed by atoms with E-state index >= 15 is 0 Å². The summed E-state index contributed by atoms with van der Waals surface area (Å²) in [7, 11) is 0. The molecule has 2 aromatic carbocycles. The van der Waals surface area contributed by atoms with Crippen LogP contribution in [0, 0.1) is 0 Å². The van der Waals surface area contributed by atoms with E-state index in [0.29, 0.717) is 17.8 Å². The second-order valence-corrected chi connectivity index (χ2v) is 5.51. The van der Waals surface area contributed by atoms with Gasteiger partial charge in [-0.25, -0.2) is 4.79 Å². The smallest absolute Gasteiger partial charge is 0.335 e. The lowest BCUT2D eigenvalue weighted by Gasteiger charge is -2.35. The summed E-state index contributed by atoms with van der Waals surface area (Å²) < 4.78 is 5.83. The van der Waals surface area contributed by atoms with Gasteiger partial charge in [-0.05, 0) is 36.8 Å². The predicted molar refractivity (Wildman–Crippen MR) is 85.4 cm³/mol. The van der Waals surface area contributed by atoms with E-state index in [9.17, 15) is 4.79 Å². The summed E-state index contributed by atoms with van der Waals surface area (Å²) >= 11 is 0. The van der Waals surface area contributed by atoms with Gasteiger partial charge in [0.2, 0.25) is 0 Å². The Morgan fingerprint density at radius 1 is 1.32 bits per heavy atom. The number of hydrogen-bond acceptors (Lipinski definition) is 4. The van der Waals surface area contributed by atoms with Crippen molar-refractivity contribution < 1.29 is 14.6 Å². The number of fused-ring (bicyclic) bond motifs is 1. The van der Waals surface area contributed by atoms with Gasteiger partial charge in [0.05, 0.1) is 17.8 Å². The SMILES string of the molecule is CC1CN(Cc2ccc(C(=O)O)cc2)c2c(N)cccc2O1. The molecule has 1 aliphatic rings. The molecule has 0 bridgehead atoms. The molecule has 3 N–H and O–H groups in total. The van der Waals surface area contributed by atoms with Crippen molar-refractivity contribution in [2.45, 2.75) is 19.6 Å². The maximum absolute atomic E-state index is 10.9. The topological polar surface area (TPSA) is 75.8 Å². The van der Waals surface area contributed by atoms with E-state index in [-0.39, 0.29) is 6.10 Å². The number of nitrogens with zero attached hydrogens (tertiary/aromatic N) is 1. The molecule has 5 nitrogen and oxygen atoms in total. The predicted octanol–water partition coefficient (Wildman–Crippen LogP) is 2.75. The fourth-order valence-corrected chi connectivity index (χ4v) is 2.75. The maximum Gasteiger partial charge on any atom is 0.335 e. The van der Waals surface area contributed by atoms with Gasteiger partial charge in [-0.1, -0.05) is 18.2 Å². The van der Waals surface area contributed by atoms with E-state index < -0.39 is 5.97 Å². The van der Waals surface area contributed by atoms with Gasteiger partial charge in [0, 0.05) is 6.54 Å². The third-order valence-corrected chi connectivity index (χ3v) is 3.73. The second kappa shape index (κ2) is 5.60. The number of ether oxygens (including phenoxy) is 1. The molecule has 1 atom stereocenters. The molecule has 0 amide bonds. The van der Waals surface area contributed by atoms with E-state index in [1.54, 1.807) is 12.1 Å². The lowest BCUT2D eigenvalue weighted by atomic mass is 10.1. The number of hydrogen-bond donors (Lipinski definition) is 2. The molecule has 0 aromatic heterocycles. The molecule has 0 aliphatic carbocycles. The highest BCUT2D eigenvalue weighted by atomic mass is 16.5. The van der Waals surface area contributed by atoms with Gasteiger partial charge in [-0.15, -0.1) is 0 Å². The zero-order valence-corrected chi connectivity index (χ0v) is 12.3. The number of anilines is 2. The second-order valence-electron chi connectivity index (χ2n) is 5.51. The van der Waals surface area contributed by atoms with Crippen LogP contribution in [-0.4, -0.2) is 23.7 Å². The van der Waals surface area contributed by atoms with Crippen molar-refractivity contribution in [1.29, 1.82) is 0 Å². The number of aromatic carboxylic acids is 1. The van der Waals surface area contributed by atoms with Crippen LogP contribution in [0.1, 0.15) is 22.8 Å². The van der Waals surface area contributed by atoms with Crippen molar-refractivity contribution in [1.82, 2.24) is 0 Å². The third-order valence-electron chi connectivity index (χ3n) is 3.73. The Morgan fingerprint density at radius 3 is 2.73 bits per heavy atom. The molecule has 5 heteroatoms. The highest BCUT2D eigenvalue weighted by Gasteiger charge is 2.24. The summed E-state index contributed by atoms with van der Waals surface area (Å²) in [5, 5.41) is 8.95. The van der Waals surface area contributed by atoms with Gasteiger partial charge in [-0.3, -0.25) is 0 Å².